The van der Waals surface area contributed by atoms with E-state index in [1.807, 2.05) is 24.3 Å². The van der Waals surface area contributed by atoms with Crippen molar-refractivity contribution in [3.8, 4) is 0 Å². The third-order valence-electron chi connectivity index (χ3n) is 4.08. The zero-order chi connectivity index (χ0) is 21.7. The predicted molar refractivity (Wildman–Crippen MR) is 115 cm³/mol. The summed E-state index contributed by atoms with van der Waals surface area (Å²) in [4.78, 5) is 37.8. The minimum atomic E-state index is -0.729. The Labute approximate surface area is 182 Å². The molecule has 0 saturated heterocycles. The third kappa shape index (κ3) is 5.52. The second-order valence-corrected chi connectivity index (χ2v) is 7.91. The Hall–Kier alpha value is -3.03. The number of hydrogen-bond acceptors (Lipinski definition) is 6. The fourth-order valence-corrected chi connectivity index (χ4v) is 3.77. The van der Waals surface area contributed by atoms with Gasteiger partial charge in [0.15, 0.2) is 6.61 Å². The average molecular weight is 444 g/mol. The maximum absolute atomic E-state index is 12.3. The first kappa shape index (κ1) is 21.7. The van der Waals surface area contributed by atoms with Gasteiger partial charge in [0.25, 0.3) is 5.91 Å². The zero-order valence-corrected chi connectivity index (χ0v) is 17.8. The molecule has 0 fully saturated rings. The minimum Gasteiger partial charge on any atom is -0.452 e. The number of rotatable bonds is 6. The maximum Gasteiger partial charge on any atom is 0.342 e. The first-order valence-corrected chi connectivity index (χ1v) is 10.1. The molecule has 0 atom stereocenters. The molecule has 0 aliphatic rings. The van der Waals surface area contributed by atoms with Crippen LogP contribution in [0.4, 0.5) is 5.69 Å². The summed E-state index contributed by atoms with van der Waals surface area (Å²) < 4.78 is 10.0. The quantitative estimate of drug-likeness (QED) is 0.548. The van der Waals surface area contributed by atoms with Crippen LogP contribution in [0.1, 0.15) is 21.7 Å². The Morgan fingerprint density at radius 1 is 1.10 bits per heavy atom. The smallest absolute Gasteiger partial charge is 0.342 e. The van der Waals surface area contributed by atoms with Crippen molar-refractivity contribution in [2.75, 3.05) is 11.9 Å². The fourth-order valence-electron chi connectivity index (χ4n) is 2.74. The molecular formula is C22H18ClNO5S. The summed E-state index contributed by atoms with van der Waals surface area (Å²) in [5, 5.41) is 3.40. The third-order valence-corrected chi connectivity index (χ3v) is 5.41. The van der Waals surface area contributed by atoms with Crippen LogP contribution in [0, 0.1) is 13.8 Å². The first-order valence-electron chi connectivity index (χ1n) is 8.94. The number of halogens is 1. The molecule has 154 valence electrons. The van der Waals surface area contributed by atoms with E-state index in [4.69, 9.17) is 20.8 Å². The van der Waals surface area contributed by atoms with E-state index in [1.165, 1.54) is 24.8 Å². The number of ether oxygens (including phenoxy) is 1. The number of benzene rings is 2. The standard InChI is InChI=1S/C22H18ClNO5S/c1-13-11-20(26)29-14(2)21(13)22(27)28-12-19(25)24-17-5-3-4-6-18(17)30-16-9-7-15(23)8-10-16/h3-11H,12H2,1-2H3,(H,24,25). The highest BCUT2D eigenvalue weighted by Gasteiger charge is 2.18. The fraction of sp³-hybridized carbons (Fsp3) is 0.136. The van der Waals surface area contributed by atoms with Crippen molar-refractivity contribution in [3.63, 3.8) is 0 Å². The molecule has 30 heavy (non-hydrogen) atoms. The summed E-state index contributed by atoms with van der Waals surface area (Å²) in [5.74, 6) is -1.07. The van der Waals surface area contributed by atoms with E-state index in [0.29, 0.717) is 16.3 Å². The number of hydrogen-bond donors (Lipinski definition) is 1. The summed E-state index contributed by atoms with van der Waals surface area (Å²) in [5.41, 5.74) is 0.616. The number of nitrogens with one attached hydrogen (secondary N) is 1. The molecule has 1 heterocycles. The zero-order valence-electron chi connectivity index (χ0n) is 16.2. The van der Waals surface area contributed by atoms with Crippen LogP contribution in [0.2, 0.25) is 5.02 Å². The van der Waals surface area contributed by atoms with Gasteiger partial charge in [-0.3, -0.25) is 4.79 Å². The lowest BCUT2D eigenvalue weighted by atomic mass is 10.1. The van der Waals surface area contributed by atoms with Gasteiger partial charge in [0.2, 0.25) is 0 Å². The second-order valence-electron chi connectivity index (χ2n) is 6.36. The highest BCUT2D eigenvalue weighted by molar-refractivity contribution is 7.99. The highest BCUT2D eigenvalue weighted by Crippen LogP contribution is 2.33. The van der Waals surface area contributed by atoms with Crippen molar-refractivity contribution in [1.29, 1.82) is 0 Å². The molecule has 0 spiro atoms. The molecule has 1 aromatic heterocycles. The number of aryl methyl sites for hydroxylation is 2. The maximum atomic E-state index is 12.3. The van der Waals surface area contributed by atoms with Gasteiger partial charge in [-0.1, -0.05) is 35.5 Å². The van der Waals surface area contributed by atoms with Crippen LogP contribution in [0.3, 0.4) is 0 Å². The van der Waals surface area contributed by atoms with E-state index < -0.39 is 24.1 Å². The van der Waals surface area contributed by atoms with Gasteiger partial charge in [0.05, 0.1) is 5.69 Å². The van der Waals surface area contributed by atoms with Crippen molar-refractivity contribution in [1.82, 2.24) is 0 Å². The van der Waals surface area contributed by atoms with E-state index in [9.17, 15) is 14.4 Å². The lowest BCUT2D eigenvalue weighted by Crippen LogP contribution is -2.22. The molecular weight excluding hydrogens is 426 g/mol. The lowest BCUT2D eigenvalue weighted by Gasteiger charge is -2.12. The largest absolute Gasteiger partial charge is 0.452 e. The summed E-state index contributed by atoms with van der Waals surface area (Å²) in [6, 6.07) is 15.9. The number of carbonyl (C=O) groups is 2. The molecule has 3 rings (SSSR count). The van der Waals surface area contributed by atoms with Crippen LogP contribution in [-0.4, -0.2) is 18.5 Å². The van der Waals surface area contributed by atoms with Crippen LogP contribution < -0.4 is 10.9 Å². The number of anilines is 1. The van der Waals surface area contributed by atoms with E-state index in [2.05, 4.69) is 5.32 Å². The SMILES string of the molecule is Cc1cc(=O)oc(C)c1C(=O)OCC(=O)Nc1ccccc1Sc1ccc(Cl)cc1. The van der Waals surface area contributed by atoms with Gasteiger partial charge in [0.1, 0.15) is 11.3 Å². The topological polar surface area (TPSA) is 85.6 Å². The van der Waals surface area contributed by atoms with Gasteiger partial charge in [-0.25, -0.2) is 9.59 Å². The highest BCUT2D eigenvalue weighted by atomic mass is 35.5. The van der Waals surface area contributed by atoms with Gasteiger partial charge in [-0.2, -0.15) is 0 Å². The second kappa shape index (κ2) is 9.65. The molecule has 6 nitrogen and oxygen atoms in total. The van der Waals surface area contributed by atoms with Crippen LogP contribution in [0.15, 0.2) is 73.6 Å². The monoisotopic (exact) mass is 443 g/mol. The van der Waals surface area contributed by atoms with E-state index in [-0.39, 0.29) is 11.3 Å². The van der Waals surface area contributed by atoms with Gasteiger partial charge in [-0.15, -0.1) is 0 Å². The van der Waals surface area contributed by atoms with E-state index >= 15 is 0 Å². The molecule has 0 saturated carbocycles. The summed E-state index contributed by atoms with van der Waals surface area (Å²) in [6.45, 7) is 2.62. The number of amides is 1. The molecule has 1 amide bonds. The minimum absolute atomic E-state index is 0.140. The van der Waals surface area contributed by atoms with Gasteiger partial charge >= 0.3 is 11.6 Å². The Balaban J connectivity index is 1.65. The molecule has 0 unspecified atom stereocenters. The Bertz CT molecular complexity index is 1110. The number of carbonyl (C=O) groups excluding carboxylic acids is 2. The molecule has 0 aliphatic heterocycles. The van der Waals surface area contributed by atoms with Crippen molar-refractivity contribution in [2.45, 2.75) is 23.6 Å². The van der Waals surface area contributed by atoms with Crippen LogP contribution in [-0.2, 0) is 9.53 Å². The summed E-state index contributed by atoms with van der Waals surface area (Å²) in [7, 11) is 0. The normalized spacial score (nSPS) is 10.5. The van der Waals surface area contributed by atoms with Crippen LogP contribution in [0.5, 0.6) is 0 Å². The van der Waals surface area contributed by atoms with Crippen molar-refractivity contribution >= 4 is 40.9 Å². The molecule has 3 aromatic rings. The molecule has 0 aliphatic carbocycles. The van der Waals surface area contributed by atoms with Crippen molar-refractivity contribution in [3.05, 3.63) is 86.9 Å². The Kier molecular flexibility index (Phi) is 6.97. The van der Waals surface area contributed by atoms with Crippen LogP contribution in [0.25, 0.3) is 0 Å². The molecule has 0 radical (unpaired) electrons. The van der Waals surface area contributed by atoms with Gasteiger partial charge < -0.3 is 14.5 Å². The molecule has 0 bridgehead atoms. The molecule has 8 heteroatoms. The van der Waals surface area contributed by atoms with Crippen LogP contribution >= 0.6 is 23.4 Å². The summed E-state index contributed by atoms with van der Waals surface area (Å²) >= 11 is 7.39. The number of esters is 1. The van der Waals surface area contributed by atoms with Gasteiger partial charge in [0, 0.05) is 20.9 Å². The number of para-hydroxylation sites is 1. The van der Waals surface area contributed by atoms with Gasteiger partial charge in [-0.05, 0) is 55.8 Å². The Morgan fingerprint density at radius 3 is 2.50 bits per heavy atom. The average Bonchev–Trinajstić information content (AvgIpc) is 2.69. The van der Waals surface area contributed by atoms with Crippen molar-refractivity contribution in [2.24, 2.45) is 0 Å². The molecule has 2 aromatic carbocycles. The van der Waals surface area contributed by atoms with E-state index in [1.54, 1.807) is 31.2 Å². The first-order chi connectivity index (χ1) is 14.3. The predicted octanol–water partition coefficient (Wildman–Crippen LogP) is 4.86. The van der Waals surface area contributed by atoms with Crippen molar-refractivity contribution < 1.29 is 18.7 Å². The summed E-state index contributed by atoms with van der Waals surface area (Å²) in [6.07, 6.45) is 0. The molecule has 1 N–H and O–H groups in total. The van der Waals surface area contributed by atoms with E-state index in [0.717, 1.165) is 9.79 Å². The lowest BCUT2D eigenvalue weighted by molar-refractivity contribution is -0.119. The Morgan fingerprint density at radius 2 is 1.80 bits per heavy atom.